The molecule has 0 fully saturated rings. The Morgan fingerprint density at radius 3 is 0.868 bits per heavy atom. The Morgan fingerprint density at radius 1 is 0.342 bits per heavy atom. The van der Waals surface area contributed by atoms with Crippen molar-refractivity contribution in [2.75, 3.05) is 0 Å². The summed E-state index contributed by atoms with van der Waals surface area (Å²) < 4.78 is 2.82. The summed E-state index contributed by atoms with van der Waals surface area (Å²) in [6.45, 7) is 0. The van der Waals surface area contributed by atoms with Crippen LogP contribution in [0.4, 0.5) is 0 Å². The van der Waals surface area contributed by atoms with Crippen LogP contribution in [0.3, 0.4) is 0 Å². The van der Waals surface area contributed by atoms with Crippen LogP contribution in [-0.4, -0.2) is 30.2 Å². The van der Waals surface area contributed by atoms with Crippen LogP contribution in [0.25, 0.3) is 9.75 Å². The predicted octanol–water partition coefficient (Wildman–Crippen LogP) is 6.23. The maximum absolute atomic E-state index is 3.70. The molecule has 0 saturated heterocycles. The van der Waals surface area contributed by atoms with Gasteiger partial charge in [-0.1, -0.05) is 0 Å². The molecule has 2 heterocycles. The Balaban J connectivity index is 1.44. The van der Waals surface area contributed by atoms with Crippen LogP contribution < -0.4 is 30.5 Å². The Morgan fingerprint density at radius 2 is 0.605 bits per heavy atom. The van der Waals surface area contributed by atoms with E-state index in [0.29, 0.717) is 0 Å². The number of thiophene rings is 2. The summed E-state index contributed by atoms with van der Waals surface area (Å²) in [6.07, 6.45) is 0. The van der Waals surface area contributed by atoms with Gasteiger partial charge in [0.05, 0.1) is 0 Å². The third-order valence-electron chi connectivity index (χ3n) is 6.53. The van der Waals surface area contributed by atoms with Crippen LogP contribution >= 0.6 is 33.7 Å². The van der Waals surface area contributed by atoms with E-state index in [-0.39, 0.29) is 0 Å². The number of hydrogen-bond acceptors (Lipinski definition) is 2. The molecular weight excluding hydrogens is 668 g/mol. The average Bonchev–Trinajstić information content (AvgIpc) is 3.69. The van der Waals surface area contributed by atoms with Gasteiger partial charge in [-0.05, 0) is 0 Å². The van der Waals surface area contributed by atoms with Gasteiger partial charge in [-0.2, -0.15) is 0 Å². The minimum absolute atomic E-state index is 1.33. The van der Waals surface area contributed by atoms with E-state index in [1.807, 2.05) is 22.7 Å². The predicted molar refractivity (Wildman–Crippen MR) is 177 cm³/mol. The zero-order chi connectivity index (χ0) is 26.0. The topological polar surface area (TPSA) is 0 Å². The summed E-state index contributed by atoms with van der Waals surface area (Å²) in [5.74, 6) is 0. The molecule has 0 N–H and O–H groups in total. The fourth-order valence-corrected chi connectivity index (χ4v) is 18.9. The van der Waals surface area contributed by atoms with E-state index in [1.165, 1.54) is 40.2 Å². The van der Waals surface area contributed by atoms with Crippen LogP contribution in [0.1, 0.15) is 0 Å². The van der Waals surface area contributed by atoms with Crippen molar-refractivity contribution in [1.82, 2.24) is 0 Å². The first-order chi connectivity index (χ1) is 18.6. The Bertz CT molecular complexity index is 1540. The third kappa shape index (κ3) is 4.84. The monoisotopic (exact) mass is 694 g/mol. The van der Waals surface area contributed by atoms with Crippen LogP contribution in [0.2, 0.25) is 0 Å². The summed E-state index contributed by atoms with van der Waals surface area (Å²) in [6, 6.07) is 53.1. The van der Waals surface area contributed by atoms with Crippen molar-refractivity contribution in [1.29, 1.82) is 0 Å². The molecule has 0 aliphatic carbocycles. The van der Waals surface area contributed by atoms with Crippen LogP contribution in [0, 0.1) is 0 Å². The van der Waals surface area contributed by atoms with Gasteiger partial charge in [0.1, 0.15) is 0 Å². The Kier molecular flexibility index (Phi) is 7.88. The van der Waals surface area contributed by atoms with Gasteiger partial charge in [0.25, 0.3) is 0 Å². The third-order valence-corrected chi connectivity index (χ3v) is 25.7. The first kappa shape index (κ1) is 26.4. The van der Waals surface area contributed by atoms with E-state index < -0.39 is 11.0 Å². The van der Waals surface area contributed by atoms with Crippen LogP contribution in [0.15, 0.2) is 146 Å². The van der Waals surface area contributed by atoms with Crippen molar-refractivity contribution in [3.05, 3.63) is 146 Å². The molecule has 6 aromatic rings. The van der Waals surface area contributed by atoms with Crippen LogP contribution in [-0.2, 0) is 0 Å². The summed E-state index contributed by atoms with van der Waals surface area (Å²) in [7, 11) is 0. The molecule has 0 aliphatic rings. The second kappa shape index (κ2) is 11.3. The number of rotatable bonds is 7. The van der Waals surface area contributed by atoms with Gasteiger partial charge in [0.2, 0.25) is 0 Å². The quantitative estimate of drug-likeness (QED) is 0.138. The SMILES string of the molecule is [Se]=P(c1ccccc1)(c1ccccc1)c1ccc(-c2ccc(P(=[Se])(c3ccccc3)c3ccccc3)s2)s1. The molecule has 0 saturated carbocycles. The zero-order valence-electron chi connectivity index (χ0n) is 20.4. The van der Waals surface area contributed by atoms with Crippen molar-refractivity contribution in [3.8, 4) is 9.75 Å². The zero-order valence-corrected chi connectivity index (χ0v) is 27.2. The van der Waals surface area contributed by atoms with Crippen molar-refractivity contribution in [2.24, 2.45) is 0 Å². The molecule has 0 unspecified atom stereocenters. The molecule has 0 radical (unpaired) electrons. The van der Waals surface area contributed by atoms with Gasteiger partial charge in [0, 0.05) is 0 Å². The molecule has 4 aromatic carbocycles. The van der Waals surface area contributed by atoms with E-state index in [4.69, 9.17) is 0 Å². The summed E-state index contributed by atoms with van der Waals surface area (Å²) in [4.78, 5) is 2.66. The average molecular weight is 693 g/mol. The first-order valence-electron chi connectivity index (χ1n) is 12.2. The van der Waals surface area contributed by atoms with E-state index in [0.717, 1.165) is 0 Å². The first-order valence-corrected chi connectivity index (χ1v) is 21.9. The molecule has 0 amide bonds. The van der Waals surface area contributed by atoms with Gasteiger partial charge in [-0.3, -0.25) is 0 Å². The van der Waals surface area contributed by atoms with Gasteiger partial charge >= 0.3 is 250 Å². The molecular formula is C32H24P2S2Se2. The molecule has 0 bridgehead atoms. The fraction of sp³-hybridized carbons (Fsp3) is 0. The Hall–Kier alpha value is -1.82. The molecule has 38 heavy (non-hydrogen) atoms. The van der Waals surface area contributed by atoms with Gasteiger partial charge < -0.3 is 0 Å². The van der Waals surface area contributed by atoms with Crippen molar-refractivity contribution in [2.45, 2.75) is 0 Å². The van der Waals surface area contributed by atoms with E-state index in [9.17, 15) is 0 Å². The molecule has 0 spiro atoms. The molecule has 0 aliphatic heterocycles. The summed E-state index contributed by atoms with van der Waals surface area (Å²) in [5.41, 5.74) is -3.70. The molecule has 0 atom stereocenters. The summed E-state index contributed by atoms with van der Waals surface area (Å²) in [5, 5.41) is 5.47. The van der Waals surface area contributed by atoms with Gasteiger partial charge in [-0.15, -0.1) is 0 Å². The normalized spacial score (nSPS) is 11.9. The van der Waals surface area contributed by atoms with Gasteiger partial charge in [-0.25, -0.2) is 0 Å². The second-order valence-corrected chi connectivity index (χ2v) is 24.0. The maximum atomic E-state index is 3.70. The van der Waals surface area contributed by atoms with Gasteiger partial charge in [0.15, 0.2) is 0 Å². The molecule has 6 rings (SSSR count). The Labute approximate surface area is 247 Å². The number of hydrogen-bond donors (Lipinski definition) is 0. The van der Waals surface area contributed by atoms with Crippen LogP contribution in [0.5, 0.6) is 0 Å². The van der Waals surface area contributed by atoms with Crippen molar-refractivity contribution < 1.29 is 0 Å². The molecule has 0 nitrogen and oxygen atoms in total. The molecule has 6 heteroatoms. The number of benzene rings is 4. The molecule has 186 valence electrons. The standard InChI is InChI=1S/C32H24P2S2Se2/c37-33(25-13-5-1-6-14-25,26-15-7-2-8-16-26)31-23-21-29(35-31)30-22-24-32(36-30)34(38,27-17-9-3-10-18-27)28-19-11-4-12-20-28/h1-24H. The summed E-state index contributed by atoms with van der Waals surface area (Å²) >= 11 is 11.3. The van der Waals surface area contributed by atoms with Crippen molar-refractivity contribution in [3.63, 3.8) is 0 Å². The minimum atomic E-state index is -1.85. The van der Waals surface area contributed by atoms with E-state index in [2.05, 4.69) is 176 Å². The second-order valence-electron chi connectivity index (χ2n) is 8.84. The molecule has 2 aromatic heterocycles. The van der Waals surface area contributed by atoms with E-state index >= 15 is 0 Å². The van der Waals surface area contributed by atoms with Crippen molar-refractivity contribution >= 4 is 94.3 Å². The fourth-order valence-electron chi connectivity index (χ4n) is 4.62. The van der Waals surface area contributed by atoms with E-state index in [1.54, 1.807) is 0 Å².